The fourth-order valence-corrected chi connectivity index (χ4v) is 2.94. The van der Waals surface area contributed by atoms with Crippen LogP contribution in [0.3, 0.4) is 0 Å². The highest BCUT2D eigenvalue weighted by atomic mass is 35.5. The number of halogens is 1. The highest BCUT2D eigenvalue weighted by Crippen LogP contribution is 2.35. The van der Waals surface area contributed by atoms with Crippen LogP contribution in [0, 0.1) is 6.92 Å². The number of imidazole rings is 1. The third-order valence-corrected chi connectivity index (χ3v) is 4.15. The fraction of sp³-hybridized carbons (Fsp3) is 0.353. The summed E-state index contributed by atoms with van der Waals surface area (Å²) in [5.41, 5.74) is 3.85. The molecule has 0 aliphatic carbocycles. The zero-order chi connectivity index (χ0) is 16.4. The van der Waals surface area contributed by atoms with E-state index in [1.807, 2.05) is 19.1 Å². The summed E-state index contributed by atoms with van der Waals surface area (Å²) in [6, 6.07) is 3.88. The molecule has 23 heavy (non-hydrogen) atoms. The summed E-state index contributed by atoms with van der Waals surface area (Å²) in [5.74, 6) is 0. The Morgan fingerprint density at radius 1 is 1.26 bits per heavy atom. The summed E-state index contributed by atoms with van der Waals surface area (Å²) in [5, 5.41) is 10.7. The molecule has 0 spiro atoms. The normalized spacial score (nSPS) is 11.3. The van der Waals surface area contributed by atoms with Gasteiger partial charge in [0.15, 0.2) is 5.65 Å². The van der Waals surface area contributed by atoms with E-state index in [4.69, 9.17) is 11.6 Å². The van der Waals surface area contributed by atoms with E-state index in [9.17, 15) is 5.11 Å². The van der Waals surface area contributed by atoms with Gasteiger partial charge in [-0.05, 0) is 31.0 Å². The maximum Gasteiger partial charge on any atom is 0.296 e. The van der Waals surface area contributed by atoms with E-state index in [-0.39, 0.29) is 6.01 Å². The molecule has 0 aromatic carbocycles. The Morgan fingerprint density at radius 3 is 2.83 bits per heavy atom. The molecule has 0 aliphatic rings. The van der Waals surface area contributed by atoms with E-state index in [2.05, 4.69) is 21.9 Å². The first kappa shape index (κ1) is 15.7. The summed E-state index contributed by atoms with van der Waals surface area (Å²) < 4.78 is 1.78. The van der Waals surface area contributed by atoms with Crippen molar-refractivity contribution >= 4 is 22.8 Å². The molecule has 0 unspecified atom stereocenters. The van der Waals surface area contributed by atoms with Crippen LogP contribution in [0.15, 0.2) is 24.5 Å². The van der Waals surface area contributed by atoms with Crippen LogP contribution < -0.4 is 0 Å². The molecule has 3 aromatic rings. The summed E-state index contributed by atoms with van der Waals surface area (Å²) >= 11 is 6.41. The van der Waals surface area contributed by atoms with Crippen molar-refractivity contribution in [3.8, 4) is 17.3 Å². The number of hydrogen-bond acceptors (Lipinski definition) is 4. The van der Waals surface area contributed by atoms with Crippen LogP contribution in [0.5, 0.6) is 6.01 Å². The summed E-state index contributed by atoms with van der Waals surface area (Å²) in [7, 11) is 0. The summed E-state index contributed by atoms with van der Waals surface area (Å²) in [6.07, 6.45) is 6.48. The van der Waals surface area contributed by atoms with E-state index in [1.54, 1.807) is 17.0 Å². The molecule has 0 radical (unpaired) electrons. The average Bonchev–Trinajstić information content (AvgIpc) is 2.84. The Labute approximate surface area is 140 Å². The van der Waals surface area contributed by atoms with Gasteiger partial charge in [-0.3, -0.25) is 9.55 Å². The zero-order valence-electron chi connectivity index (χ0n) is 13.3. The van der Waals surface area contributed by atoms with E-state index < -0.39 is 0 Å². The lowest BCUT2D eigenvalue weighted by molar-refractivity contribution is 0.397. The molecule has 0 saturated carbocycles. The molecule has 5 nitrogen and oxygen atoms in total. The summed E-state index contributed by atoms with van der Waals surface area (Å²) in [4.78, 5) is 12.8. The molecule has 0 atom stereocenters. The monoisotopic (exact) mass is 330 g/mol. The first-order valence-electron chi connectivity index (χ1n) is 7.78. The number of unbranched alkanes of at least 4 members (excludes halogenated alkanes) is 2. The van der Waals surface area contributed by atoms with Crippen LogP contribution in [0.1, 0.15) is 31.7 Å². The standard InChI is InChI=1S/C17H19ClN4O/c1-3-4-5-8-22-15-14(13-9-11(2)6-7-19-13)12(18)10-20-16(15)21-17(22)23/h6-7,9-10H,3-5,8H2,1-2H3,(H,20,21,23). The third kappa shape index (κ3) is 3.01. The lowest BCUT2D eigenvalue weighted by Gasteiger charge is -2.10. The van der Waals surface area contributed by atoms with Gasteiger partial charge in [0.1, 0.15) is 5.52 Å². The predicted molar refractivity (Wildman–Crippen MR) is 91.7 cm³/mol. The Kier molecular flexibility index (Phi) is 4.48. The van der Waals surface area contributed by atoms with Crippen molar-refractivity contribution in [2.24, 2.45) is 0 Å². The second-order valence-corrected chi connectivity index (χ2v) is 6.05. The van der Waals surface area contributed by atoms with Crippen LogP contribution in [-0.2, 0) is 6.54 Å². The minimum Gasteiger partial charge on any atom is -0.480 e. The summed E-state index contributed by atoms with van der Waals surface area (Å²) in [6.45, 7) is 4.83. The van der Waals surface area contributed by atoms with Crippen LogP contribution in [0.25, 0.3) is 22.4 Å². The first-order valence-corrected chi connectivity index (χ1v) is 8.16. The van der Waals surface area contributed by atoms with Gasteiger partial charge in [-0.15, -0.1) is 0 Å². The number of nitrogens with zero attached hydrogens (tertiary/aromatic N) is 4. The van der Waals surface area contributed by atoms with Crippen molar-refractivity contribution in [2.45, 2.75) is 39.7 Å². The van der Waals surface area contributed by atoms with E-state index in [0.717, 1.165) is 41.6 Å². The quantitative estimate of drug-likeness (QED) is 0.706. The fourth-order valence-electron chi connectivity index (χ4n) is 2.71. The first-order chi connectivity index (χ1) is 11.1. The van der Waals surface area contributed by atoms with Gasteiger partial charge in [0, 0.05) is 24.5 Å². The minimum absolute atomic E-state index is 0.0280. The SMILES string of the molecule is CCCCCn1c(O)nc2ncc(Cl)c(-c3cc(C)ccn3)c21. The lowest BCUT2D eigenvalue weighted by Crippen LogP contribution is -2.00. The van der Waals surface area contributed by atoms with Gasteiger partial charge in [0.05, 0.1) is 10.7 Å². The second-order valence-electron chi connectivity index (χ2n) is 5.64. The Balaban J connectivity index is 2.21. The van der Waals surface area contributed by atoms with Gasteiger partial charge in [-0.1, -0.05) is 31.4 Å². The minimum atomic E-state index is -0.0280. The topological polar surface area (TPSA) is 63.8 Å². The molecule has 0 fully saturated rings. The molecule has 0 amide bonds. The smallest absolute Gasteiger partial charge is 0.296 e. The van der Waals surface area contributed by atoms with E-state index in [1.165, 1.54) is 0 Å². The predicted octanol–water partition coefficient (Wildman–Crippen LogP) is 4.35. The number of aryl methyl sites for hydroxylation is 2. The number of pyridine rings is 2. The highest BCUT2D eigenvalue weighted by molar-refractivity contribution is 6.34. The number of hydrogen-bond donors (Lipinski definition) is 1. The molecular formula is C17H19ClN4O. The number of aromatic nitrogens is 4. The molecule has 3 heterocycles. The second kappa shape index (κ2) is 6.54. The van der Waals surface area contributed by atoms with Crippen LogP contribution in [0.4, 0.5) is 0 Å². The van der Waals surface area contributed by atoms with Crippen LogP contribution in [0.2, 0.25) is 5.02 Å². The van der Waals surface area contributed by atoms with E-state index >= 15 is 0 Å². The van der Waals surface area contributed by atoms with Crippen molar-refractivity contribution in [2.75, 3.05) is 0 Å². The molecule has 0 bridgehead atoms. The van der Waals surface area contributed by atoms with Crippen molar-refractivity contribution < 1.29 is 5.11 Å². The molecule has 0 aliphatic heterocycles. The lowest BCUT2D eigenvalue weighted by atomic mass is 10.1. The van der Waals surface area contributed by atoms with Crippen molar-refractivity contribution in [3.05, 3.63) is 35.1 Å². The van der Waals surface area contributed by atoms with E-state index in [0.29, 0.717) is 17.2 Å². The maximum atomic E-state index is 10.2. The number of fused-ring (bicyclic) bond motifs is 1. The third-order valence-electron chi connectivity index (χ3n) is 3.86. The number of aromatic hydroxyl groups is 1. The van der Waals surface area contributed by atoms with Crippen LogP contribution in [-0.4, -0.2) is 24.6 Å². The molecular weight excluding hydrogens is 312 g/mol. The molecule has 0 saturated heterocycles. The van der Waals surface area contributed by atoms with Gasteiger partial charge in [0.25, 0.3) is 6.01 Å². The van der Waals surface area contributed by atoms with Gasteiger partial charge in [-0.25, -0.2) is 4.98 Å². The van der Waals surface area contributed by atoms with Crippen LogP contribution >= 0.6 is 11.6 Å². The Morgan fingerprint density at radius 2 is 2.09 bits per heavy atom. The largest absolute Gasteiger partial charge is 0.480 e. The molecule has 1 N–H and O–H groups in total. The Bertz CT molecular complexity index is 844. The molecule has 3 rings (SSSR count). The van der Waals surface area contributed by atoms with Gasteiger partial charge >= 0.3 is 0 Å². The number of rotatable bonds is 5. The maximum absolute atomic E-state index is 10.2. The Hall–Kier alpha value is -2.14. The highest BCUT2D eigenvalue weighted by Gasteiger charge is 2.19. The van der Waals surface area contributed by atoms with Gasteiger partial charge in [-0.2, -0.15) is 4.98 Å². The molecule has 3 aromatic heterocycles. The van der Waals surface area contributed by atoms with Crippen molar-refractivity contribution in [3.63, 3.8) is 0 Å². The van der Waals surface area contributed by atoms with Crippen molar-refractivity contribution in [1.82, 2.24) is 19.5 Å². The molecule has 120 valence electrons. The van der Waals surface area contributed by atoms with Gasteiger partial charge in [0.2, 0.25) is 0 Å². The van der Waals surface area contributed by atoms with Gasteiger partial charge < -0.3 is 5.11 Å². The zero-order valence-corrected chi connectivity index (χ0v) is 14.0. The average molecular weight is 331 g/mol. The molecule has 6 heteroatoms. The van der Waals surface area contributed by atoms with Crippen molar-refractivity contribution in [1.29, 1.82) is 0 Å².